The first-order chi connectivity index (χ1) is 7.40. The Morgan fingerprint density at radius 3 is 2.67 bits per heavy atom. The molecule has 0 aliphatic heterocycles. The van der Waals surface area contributed by atoms with Crippen LogP contribution in [0.3, 0.4) is 0 Å². The predicted molar refractivity (Wildman–Crippen MR) is 63.0 cm³/mol. The van der Waals surface area contributed by atoms with E-state index in [0.717, 1.165) is 19.1 Å². The Kier molecular flexibility index (Phi) is 4.45. The molecule has 0 heterocycles. The Labute approximate surface area is 93.8 Å². The second kappa shape index (κ2) is 5.86. The molecule has 2 nitrogen and oxygen atoms in total. The highest BCUT2D eigenvalue weighted by molar-refractivity contribution is 4.83. The Hall–Kier alpha value is -0.0800. The van der Waals surface area contributed by atoms with Crippen LogP contribution in [0.2, 0.25) is 0 Å². The lowest BCUT2D eigenvalue weighted by molar-refractivity contribution is -0.000107. The summed E-state index contributed by atoms with van der Waals surface area (Å²) in [4.78, 5) is 0. The number of hydrogen-bond donors (Lipinski definition) is 1. The maximum Gasteiger partial charge on any atom is 0.0728 e. The number of hydrogen-bond acceptors (Lipinski definition) is 2. The third-order valence-electron chi connectivity index (χ3n) is 3.60. The largest absolute Gasteiger partial charge is 0.376 e. The summed E-state index contributed by atoms with van der Waals surface area (Å²) in [5.74, 6) is 0.902. The molecule has 0 aromatic heterocycles. The molecule has 88 valence electrons. The van der Waals surface area contributed by atoms with E-state index in [1.54, 1.807) is 0 Å². The summed E-state index contributed by atoms with van der Waals surface area (Å²) in [5.41, 5.74) is 0. The van der Waals surface area contributed by atoms with E-state index in [1.807, 2.05) is 0 Å². The lowest BCUT2D eigenvalue weighted by Gasteiger charge is -2.32. The molecule has 0 bridgehead atoms. The molecular formula is C13H25NO. The molecule has 0 radical (unpaired) electrons. The van der Waals surface area contributed by atoms with Crippen molar-refractivity contribution in [3.8, 4) is 0 Å². The van der Waals surface area contributed by atoms with Gasteiger partial charge < -0.3 is 10.1 Å². The highest BCUT2D eigenvalue weighted by atomic mass is 16.5. The van der Waals surface area contributed by atoms with E-state index in [0.29, 0.717) is 12.1 Å². The van der Waals surface area contributed by atoms with Gasteiger partial charge in [-0.15, -0.1) is 0 Å². The number of ether oxygens (including phenoxy) is 1. The van der Waals surface area contributed by atoms with E-state index in [4.69, 9.17) is 4.74 Å². The van der Waals surface area contributed by atoms with Gasteiger partial charge in [-0.2, -0.15) is 0 Å². The molecule has 15 heavy (non-hydrogen) atoms. The molecule has 2 fully saturated rings. The Morgan fingerprint density at radius 1 is 1.13 bits per heavy atom. The van der Waals surface area contributed by atoms with E-state index < -0.39 is 0 Å². The molecule has 0 amide bonds. The van der Waals surface area contributed by atoms with Crippen LogP contribution in [-0.2, 0) is 4.74 Å². The summed E-state index contributed by atoms with van der Waals surface area (Å²) in [6.07, 6.45) is 9.87. The molecule has 1 N–H and O–H groups in total. The van der Waals surface area contributed by atoms with Crippen molar-refractivity contribution in [2.24, 2.45) is 5.92 Å². The average Bonchev–Trinajstić information content (AvgIpc) is 3.08. The number of nitrogens with one attached hydrogen (secondary N) is 1. The van der Waals surface area contributed by atoms with Crippen LogP contribution in [0.15, 0.2) is 0 Å². The standard InChI is InChI=1S/C13H25NO/c1-2-9-14-12-5-3-4-6-13(12)15-10-11-7-8-11/h11-14H,2-10H2,1H3. The molecular weight excluding hydrogens is 186 g/mol. The van der Waals surface area contributed by atoms with E-state index in [2.05, 4.69) is 12.2 Å². The van der Waals surface area contributed by atoms with Gasteiger partial charge >= 0.3 is 0 Å². The van der Waals surface area contributed by atoms with Crippen LogP contribution in [0, 0.1) is 5.92 Å². The first-order valence-electron chi connectivity index (χ1n) is 6.75. The van der Waals surface area contributed by atoms with Gasteiger partial charge in [-0.25, -0.2) is 0 Å². The molecule has 0 saturated heterocycles. The summed E-state index contributed by atoms with van der Waals surface area (Å²) in [7, 11) is 0. The van der Waals surface area contributed by atoms with Crippen molar-refractivity contribution in [3.63, 3.8) is 0 Å². The quantitative estimate of drug-likeness (QED) is 0.729. The van der Waals surface area contributed by atoms with Gasteiger partial charge in [0.1, 0.15) is 0 Å². The topological polar surface area (TPSA) is 21.3 Å². The molecule has 2 atom stereocenters. The minimum Gasteiger partial charge on any atom is -0.376 e. The van der Waals surface area contributed by atoms with Crippen LogP contribution in [0.5, 0.6) is 0 Å². The van der Waals surface area contributed by atoms with E-state index in [9.17, 15) is 0 Å². The zero-order chi connectivity index (χ0) is 10.5. The normalized spacial score (nSPS) is 31.8. The van der Waals surface area contributed by atoms with Crippen LogP contribution < -0.4 is 5.32 Å². The SMILES string of the molecule is CCCNC1CCCCC1OCC1CC1. The van der Waals surface area contributed by atoms with Crippen LogP contribution in [0.4, 0.5) is 0 Å². The smallest absolute Gasteiger partial charge is 0.0728 e. The molecule has 2 unspecified atom stereocenters. The Bertz CT molecular complexity index is 179. The summed E-state index contributed by atoms with van der Waals surface area (Å²) < 4.78 is 6.05. The zero-order valence-corrected chi connectivity index (χ0v) is 10.0. The van der Waals surface area contributed by atoms with Crippen molar-refractivity contribution in [2.75, 3.05) is 13.2 Å². The third kappa shape index (κ3) is 3.76. The van der Waals surface area contributed by atoms with E-state index >= 15 is 0 Å². The second-order valence-electron chi connectivity index (χ2n) is 5.16. The average molecular weight is 211 g/mol. The second-order valence-corrected chi connectivity index (χ2v) is 5.16. The molecule has 0 aromatic carbocycles. The molecule has 0 aromatic rings. The lowest BCUT2D eigenvalue weighted by atomic mass is 9.92. The first kappa shape index (κ1) is 11.4. The van der Waals surface area contributed by atoms with Crippen molar-refractivity contribution < 1.29 is 4.74 Å². The van der Waals surface area contributed by atoms with Crippen molar-refractivity contribution in [3.05, 3.63) is 0 Å². The highest BCUT2D eigenvalue weighted by Gasteiger charge is 2.28. The summed E-state index contributed by atoms with van der Waals surface area (Å²) in [5, 5.41) is 3.64. The van der Waals surface area contributed by atoms with Gasteiger partial charge in [0.15, 0.2) is 0 Å². The Morgan fingerprint density at radius 2 is 1.93 bits per heavy atom. The third-order valence-corrected chi connectivity index (χ3v) is 3.60. The molecule has 2 aliphatic carbocycles. The Balaban J connectivity index is 1.70. The summed E-state index contributed by atoms with van der Waals surface area (Å²) >= 11 is 0. The van der Waals surface area contributed by atoms with Gasteiger partial charge in [-0.05, 0) is 44.6 Å². The first-order valence-corrected chi connectivity index (χ1v) is 6.75. The maximum atomic E-state index is 6.05. The van der Waals surface area contributed by atoms with Gasteiger partial charge in [0.05, 0.1) is 6.10 Å². The number of rotatable bonds is 6. The molecule has 2 heteroatoms. The van der Waals surface area contributed by atoms with Crippen molar-refractivity contribution in [1.82, 2.24) is 5.32 Å². The van der Waals surface area contributed by atoms with Crippen LogP contribution in [0.25, 0.3) is 0 Å². The lowest BCUT2D eigenvalue weighted by Crippen LogP contribution is -2.44. The van der Waals surface area contributed by atoms with Crippen molar-refractivity contribution in [2.45, 2.75) is 64.0 Å². The predicted octanol–water partition coefficient (Wildman–Crippen LogP) is 2.72. The summed E-state index contributed by atoms with van der Waals surface area (Å²) in [6, 6.07) is 0.637. The van der Waals surface area contributed by atoms with Gasteiger partial charge in [-0.1, -0.05) is 19.8 Å². The zero-order valence-electron chi connectivity index (χ0n) is 10.0. The van der Waals surface area contributed by atoms with Gasteiger partial charge in [0.2, 0.25) is 0 Å². The van der Waals surface area contributed by atoms with Gasteiger partial charge in [0, 0.05) is 12.6 Å². The van der Waals surface area contributed by atoms with Crippen molar-refractivity contribution in [1.29, 1.82) is 0 Å². The van der Waals surface area contributed by atoms with Crippen LogP contribution >= 0.6 is 0 Å². The summed E-state index contributed by atoms with van der Waals surface area (Å²) in [6.45, 7) is 4.40. The monoisotopic (exact) mass is 211 g/mol. The van der Waals surface area contributed by atoms with Crippen molar-refractivity contribution >= 4 is 0 Å². The van der Waals surface area contributed by atoms with Gasteiger partial charge in [-0.3, -0.25) is 0 Å². The molecule has 2 saturated carbocycles. The maximum absolute atomic E-state index is 6.05. The van der Waals surface area contributed by atoms with E-state index in [-0.39, 0.29) is 0 Å². The fourth-order valence-corrected chi connectivity index (χ4v) is 2.40. The minimum absolute atomic E-state index is 0.505. The fourth-order valence-electron chi connectivity index (χ4n) is 2.40. The fraction of sp³-hybridized carbons (Fsp3) is 1.00. The van der Waals surface area contributed by atoms with Crippen LogP contribution in [0.1, 0.15) is 51.9 Å². The molecule has 2 aliphatic rings. The minimum atomic E-state index is 0.505. The van der Waals surface area contributed by atoms with E-state index in [1.165, 1.54) is 44.9 Å². The highest BCUT2D eigenvalue weighted by Crippen LogP contribution is 2.31. The molecule has 2 rings (SSSR count). The van der Waals surface area contributed by atoms with Crippen LogP contribution in [-0.4, -0.2) is 25.3 Å². The van der Waals surface area contributed by atoms with Gasteiger partial charge in [0.25, 0.3) is 0 Å². The molecule has 0 spiro atoms.